The van der Waals surface area contributed by atoms with E-state index in [1.54, 1.807) is 0 Å². The SMILES string of the molecule is O=c1[nH]c(=O)n(CCC2CCCC2)c(O)c1F. The molecule has 0 saturated heterocycles. The van der Waals surface area contributed by atoms with Gasteiger partial charge in [0.15, 0.2) is 0 Å². The zero-order valence-corrected chi connectivity index (χ0v) is 9.41. The van der Waals surface area contributed by atoms with Crippen LogP contribution >= 0.6 is 0 Å². The first-order valence-electron chi connectivity index (χ1n) is 5.81. The standard InChI is InChI=1S/C11H15FN2O3/c12-8-9(15)13-11(17)14(10(8)16)6-5-7-3-1-2-4-7/h7,16H,1-6H2,(H,13,15,17). The Bertz CT molecular complexity index is 514. The molecule has 6 heteroatoms. The highest BCUT2D eigenvalue weighted by molar-refractivity contribution is 5.09. The fraction of sp³-hybridized carbons (Fsp3) is 0.636. The summed E-state index contributed by atoms with van der Waals surface area (Å²) in [6.45, 7) is 0.239. The van der Waals surface area contributed by atoms with E-state index in [1.165, 1.54) is 12.8 Å². The van der Waals surface area contributed by atoms with Gasteiger partial charge in [-0.2, -0.15) is 4.39 Å². The number of aromatic hydroxyl groups is 1. The smallest absolute Gasteiger partial charge is 0.331 e. The summed E-state index contributed by atoms with van der Waals surface area (Å²) in [5, 5.41) is 9.40. The van der Waals surface area contributed by atoms with Gasteiger partial charge in [-0.3, -0.25) is 14.3 Å². The van der Waals surface area contributed by atoms with Crippen molar-refractivity contribution in [3.8, 4) is 5.88 Å². The van der Waals surface area contributed by atoms with Crippen LogP contribution in [0.2, 0.25) is 0 Å². The summed E-state index contributed by atoms with van der Waals surface area (Å²) in [6, 6.07) is 0. The maximum Gasteiger partial charge on any atom is 0.331 e. The number of halogens is 1. The summed E-state index contributed by atoms with van der Waals surface area (Å²) in [5.74, 6) is -1.64. The van der Waals surface area contributed by atoms with Crippen LogP contribution in [-0.4, -0.2) is 14.7 Å². The second-order valence-electron chi connectivity index (χ2n) is 4.49. The third-order valence-corrected chi connectivity index (χ3v) is 3.35. The van der Waals surface area contributed by atoms with Crippen molar-refractivity contribution in [2.45, 2.75) is 38.6 Å². The average Bonchev–Trinajstić information content (AvgIpc) is 2.79. The molecular weight excluding hydrogens is 227 g/mol. The minimum Gasteiger partial charge on any atom is -0.492 e. The van der Waals surface area contributed by atoms with Gasteiger partial charge in [-0.15, -0.1) is 0 Å². The molecule has 0 atom stereocenters. The summed E-state index contributed by atoms with van der Waals surface area (Å²) < 4.78 is 14.0. The van der Waals surface area contributed by atoms with Crippen molar-refractivity contribution in [3.63, 3.8) is 0 Å². The van der Waals surface area contributed by atoms with Gasteiger partial charge in [-0.1, -0.05) is 25.7 Å². The Morgan fingerprint density at radius 2 is 2.00 bits per heavy atom. The molecule has 0 spiro atoms. The van der Waals surface area contributed by atoms with Gasteiger partial charge in [-0.25, -0.2) is 4.79 Å². The van der Waals surface area contributed by atoms with Gasteiger partial charge in [0, 0.05) is 6.54 Å². The molecule has 1 aromatic heterocycles. The lowest BCUT2D eigenvalue weighted by molar-refractivity contribution is 0.343. The number of H-pyrrole nitrogens is 1. The molecule has 0 amide bonds. The Hall–Kier alpha value is -1.59. The largest absolute Gasteiger partial charge is 0.492 e. The van der Waals surface area contributed by atoms with Gasteiger partial charge < -0.3 is 5.11 Å². The Labute approximate surface area is 96.9 Å². The van der Waals surface area contributed by atoms with Crippen LogP contribution in [0.3, 0.4) is 0 Å². The first kappa shape index (κ1) is 11.9. The van der Waals surface area contributed by atoms with Crippen LogP contribution < -0.4 is 11.2 Å². The molecular formula is C11H15FN2O3. The van der Waals surface area contributed by atoms with E-state index in [2.05, 4.69) is 0 Å². The van der Waals surface area contributed by atoms with Crippen molar-refractivity contribution < 1.29 is 9.50 Å². The van der Waals surface area contributed by atoms with Crippen LogP contribution in [0.4, 0.5) is 4.39 Å². The first-order valence-corrected chi connectivity index (χ1v) is 5.81. The maximum absolute atomic E-state index is 13.1. The van der Waals surface area contributed by atoms with E-state index in [0.29, 0.717) is 5.92 Å². The Balaban J connectivity index is 2.17. The van der Waals surface area contributed by atoms with Crippen LogP contribution in [0.15, 0.2) is 9.59 Å². The highest BCUT2D eigenvalue weighted by Crippen LogP contribution is 2.28. The lowest BCUT2D eigenvalue weighted by atomic mass is 10.0. The van der Waals surface area contributed by atoms with Crippen molar-refractivity contribution in [1.29, 1.82) is 0 Å². The second kappa shape index (κ2) is 4.73. The molecule has 0 unspecified atom stereocenters. The molecule has 0 radical (unpaired) electrons. The number of aromatic nitrogens is 2. The number of nitrogens with zero attached hydrogens (tertiary/aromatic N) is 1. The third kappa shape index (κ3) is 2.40. The molecule has 0 bridgehead atoms. The van der Waals surface area contributed by atoms with Crippen molar-refractivity contribution in [3.05, 3.63) is 26.7 Å². The van der Waals surface area contributed by atoms with Crippen molar-refractivity contribution >= 4 is 0 Å². The van der Waals surface area contributed by atoms with E-state index in [9.17, 15) is 19.1 Å². The number of rotatable bonds is 3. The monoisotopic (exact) mass is 242 g/mol. The van der Waals surface area contributed by atoms with E-state index in [1.807, 2.05) is 4.98 Å². The zero-order valence-electron chi connectivity index (χ0n) is 9.41. The normalized spacial score (nSPS) is 16.5. The summed E-state index contributed by atoms with van der Waals surface area (Å²) in [6.07, 6.45) is 5.32. The number of hydrogen-bond acceptors (Lipinski definition) is 3. The van der Waals surface area contributed by atoms with E-state index in [-0.39, 0.29) is 6.54 Å². The predicted molar refractivity (Wildman–Crippen MR) is 59.5 cm³/mol. The molecule has 1 saturated carbocycles. The van der Waals surface area contributed by atoms with Crippen LogP contribution in [-0.2, 0) is 6.54 Å². The van der Waals surface area contributed by atoms with Crippen molar-refractivity contribution in [1.82, 2.24) is 9.55 Å². The van der Waals surface area contributed by atoms with Crippen LogP contribution in [0, 0.1) is 11.7 Å². The molecule has 0 aliphatic heterocycles. The summed E-state index contributed by atoms with van der Waals surface area (Å²) in [5.41, 5.74) is -1.93. The van der Waals surface area contributed by atoms with Gasteiger partial charge in [-0.05, 0) is 12.3 Å². The molecule has 5 nitrogen and oxygen atoms in total. The second-order valence-corrected chi connectivity index (χ2v) is 4.49. The van der Waals surface area contributed by atoms with Crippen LogP contribution in [0.1, 0.15) is 32.1 Å². The molecule has 2 rings (SSSR count). The Morgan fingerprint density at radius 1 is 1.35 bits per heavy atom. The summed E-state index contributed by atoms with van der Waals surface area (Å²) in [4.78, 5) is 24.1. The highest BCUT2D eigenvalue weighted by Gasteiger charge is 2.18. The van der Waals surface area contributed by atoms with E-state index >= 15 is 0 Å². The molecule has 1 aliphatic carbocycles. The van der Waals surface area contributed by atoms with Crippen LogP contribution in [0.25, 0.3) is 0 Å². The Kier molecular flexibility index (Phi) is 3.31. The summed E-state index contributed by atoms with van der Waals surface area (Å²) >= 11 is 0. The molecule has 17 heavy (non-hydrogen) atoms. The fourth-order valence-corrected chi connectivity index (χ4v) is 2.35. The van der Waals surface area contributed by atoms with E-state index in [0.717, 1.165) is 23.8 Å². The highest BCUT2D eigenvalue weighted by atomic mass is 19.1. The Morgan fingerprint density at radius 3 is 2.65 bits per heavy atom. The first-order chi connectivity index (χ1) is 8.09. The van der Waals surface area contributed by atoms with Crippen LogP contribution in [0.5, 0.6) is 5.88 Å². The van der Waals surface area contributed by atoms with Gasteiger partial charge in [0.2, 0.25) is 11.7 Å². The molecule has 1 heterocycles. The lowest BCUT2D eigenvalue weighted by Crippen LogP contribution is -2.32. The van der Waals surface area contributed by atoms with E-state index < -0.39 is 22.9 Å². The molecule has 1 fully saturated rings. The number of nitrogens with one attached hydrogen (secondary N) is 1. The molecule has 0 aromatic carbocycles. The van der Waals surface area contributed by atoms with Crippen molar-refractivity contribution in [2.75, 3.05) is 0 Å². The average molecular weight is 242 g/mol. The summed E-state index contributed by atoms with van der Waals surface area (Å²) in [7, 11) is 0. The predicted octanol–water partition coefficient (Wildman–Crippen LogP) is 0.962. The molecule has 2 N–H and O–H groups in total. The van der Waals surface area contributed by atoms with Gasteiger partial charge in [0.25, 0.3) is 5.56 Å². The zero-order chi connectivity index (χ0) is 12.4. The minimum atomic E-state index is -1.30. The van der Waals surface area contributed by atoms with Gasteiger partial charge in [0.1, 0.15) is 0 Å². The quantitative estimate of drug-likeness (QED) is 0.829. The topological polar surface area (TPSA) is 75.1 Å². The molecule has 94 valence electrons. The maximum atomic E-state index is 13.1. The third-order valence-electron chi connectivity index (χ3n) is 3.35. The molecule has 1 aliphatic rings. The number of aromatic amines is 1. The van der Waals surface area contributed by atoms with Gasteiger partial charge in [0.05, 0.1) is 0 Å². The fourth-order valence-electron chi connectivity index (χ4n) is 2.35. The number of hydrogen-bond donors (Lipinski definition) is 2. The van der Waals surface area contributed by atoms with Crippen molar-refractivity contribution in [2.24, 2.45) is 5.92 Å². The van der Waals surface area contributed by atoms with E-state index in [4.69, 9.17) is 0 Å². The lowest BCUT2D eigenvalue weighted by Gasteiger charge is -2.11. The van der Waals surface area contributed by atoms with Gasteiger partial charge >= 0.3 is 5.69 Å². The molecule has 1 aromatic rings. The minimum absolute atomic E-state index is 0.239.